The number of benzene rings is 1. The smallest absolute Gasteiger partial charge is 0.550 e. The van der Waals surface area contributed by atoms with Gasteiger partial charge in [0, 0.05) is 43.3 Å². The van der Waals surface area contributed by atoms with Crippen LogP contribution in [0.4, 0.5) is 5.69 Å². The average Bonchev–Trinajstić information content (AvgIpc) is 2.45. The molecule has 2 atom stereocenters. The molecule has 1 aromatic rings. The van der Waals surface area contributed by atoms with E-state index in [1.54, 1.807) is 4.90 Å². The molecular formula is C17H23N2NaO3. The second-order valence-electron chi connectivity index (χ2n) is 6.11. The third-order valence-corrected chi connectivity index (χ3v) is 4.15. The molecule has 1 saturated heterocycles. The van der Waals surface area contributed by atoms with Crippen LogP contribution < -0.4 is 39.6 Å². The zero-order valence-corrected chi connectivity index (χ0v) is 16.4. The van der Waals surface area contributed by atoms with Crippen LogP contribution in [0.1, 0.15) is 32.3 Å². The molecule has 1 fully saturated rings. The van der Waals surface area contributed by atoms with Crippen LogP contribution in [0.25, 0.3) is 0 Å². The molecule has 2 unspecified atom stereocenters. The Kier molecular flexibility index (Phi) is 7.58. The summed E-state index contributed by atoms with van der Waals surface area (Å²) in [6.45, 7) is 7.47. The molecule has 120 valence electrons. The van der Waals surface area contributed by atoms with Crippen molar-refractivity contribution in [3.63, 3.8) is 0 Å². The molecule has 0 N–H and O–H groups in total. The first-order chi connectivity index (χ1) is 10.4. The molecule has 2 rings (SSSR count). The fraction of sp³-hybridized carbons (Fsp3) is 0.529. The number of amides is 1. The molecule has 0 aromatic heterocycles. The van der Waals surface area contributed by atoms with Gasteiger partial charge >= 0.3 is 29.6 Å². The Hall–Kier alpha value is -1.04. The van der Waals surface area contributed by atoms with Crippen molar-refractivity contribution < 1.29 is 44.3 Å². The van der Waals surface area contributed by atoms with Gasteiger partial charge in [-0.1, -0.05) is 17.7 Å². The molecule has 0 radical (unpaired) electrons. The maximum absolute atomic E-state index is 12.1. The van der Waals surface area contributed by atoms with Crippen LogP contribution in [0.5, 0.6) is 0 Å². The van der Waals surface area contributed by atoms with E-state index in [9.17, 15) is 14.7 Å². The summed E-state index contributed by atoms with van der Waals surface area (Å²) in [5, 5.41) is 10.5. The van der Waals surface area contributed by atoms with E-state index in [0.29, 0.717) is 13.1 Å². The number of carbonyl (C=O) groups excluding carboxylic acids is 2. The van der Waals surface area contributed by atoms with Crippen LogP contribution in [0, 0.1) is 6.92 Å². The van der Waals surface area contributed by atoms with Crippen molar-refractivity contribution in [3.8, 4) is 0 Å². The van der Waals surface area contributed by atoms with Crippen LogP contribution in [-0.2, 0) is 9.59 Å². The predicted octanol–water partition coefficient (Wildman–Crippen LogP) is -2.05. The number of hydrogen-bond acceptors (Lipinski definition) is 4. The number of rotatable bonds is 4. The standard InChI is InChI=1S/C17H24N2O3.Na/c1-12-4-6-15(7-5-12)19-13(2)10-18(11-14(19)3)16(20)8-9-17(21)22;/h4-7,13-14H,8-11H2,1-3H3,(H,21,22);/q;+1/p-1. The average molecular weight is 326 g/mol. The van der Waals surface area contributed by atoms with Crippen molar-refractivity contribution in [2.75, 3.05) is 18.0 Å². The van der Waals surface area contributed by atoms with Gasteiger partial charge in [0.15, 0.2) is 0 Å². The fourth-order valence-electron chi connectivity index (χ4n) is 3.12. The first-order valence-corrected chi connectivity index (χ1v) is 7.71. The minimum absolute atomic E-state index is 0. The van der Waals surface area contributed by atoms with Gasteiger partial charge in [0.2, 0.25) is 5.91 Å². The number of carboxylic acid groups (broad SMARTS) is 1. The third kappa shape index (κ3) is 5.23. The first kappa shape index (κ1) is 20.0. The molecule has 1 aliphatic rings. The van der Waals surface area contributed by atoms with Gasteiger partial charge in [0.05, 0.1) is 0 Å². The predicted molar refractivity (Wildman–Crippen MR) is 83.4 cm³/mol. The molecule has 0 bridgehead atoms. The van der Waals surface area contributed by atoms with Crippen LogP contribution in [-0.4, -0.2) is 41.9 Å². The normalized spacial score (nSPS) is 20.8. The van der Waals surface area contributed by atoms with E-state index >= 15 is 0 Å². The second-order valence-corrected chi connectivity index (χ2v) is 6.11. The summed E-state index contributed by atoms with van der Waals surface area (Å²) in [5.74, 6) is -1.28. The van der Waals surface area contributed by atoms with Gasteiger partial charge in [-0.15, -0.1) is 0 Å². The summed E-state index contributed by atoms with van der Waals surface area (Å²) >= 11 is 0. The van der Waals surface area contributed by atoms with Gasteiger partial charge in [-0.3, -0.25) is 4.79 Å². The molecule has 1 amide bonds. The van der Waals surface area contributed by atoms with E-state index in [1.807, 2.05) is 0 Å². The Labute approximate surface area is 159 Å². The van der Waals surface area contributed by atoms with Gasteiger partial charge in [0.25, 0.3) is 0 Å². The first-order valence-electron chi connectivity index (χ1n) is 7.71. The summed E-state index contributed by atoms with van der Waals surface area (Å²) in [4.78, 5) is 26.7. The molecule has 0 aliphatic carbocycles. The van der Waals surface area contributed by atoms with Crippen molar-refractivity contribution in [3.05, 3.63) is 29.8 Å². The second kappa shape index (κ2) is 8.71. The Morgan fingerprint density at radius 2 is 1.61 bits per heavy atom. The van der Waals surface area contributed by atoms with Crippen LogP contribution in [0.15, 0.2) is 24.3 Å². The number of anilines is 1. The monoisotopic (exact) mass is 326 g/mol. The fourth-order valence-corrected chi connectivity index (χ4v) is 3.12. The Balaban J connectivity index is 0.00000264. The number of nitrogens with zero attached hydrogens (tertiary/aromatic N) is 2. The Bertz CT molecular complexity index is 535. The van der Waals surface area contributed by atoms with E-state index in [0.717, 1.165) is 5.69 Å². The van der Waals surface area contributed by atoms with Crippen molar-refractivity contribution in [2.45, 2.75) is 45.7 Å². The number of aliphatic carboxylic acids is 1. The molecule has 6 heteroatoms. The van der Waals surface area contributed by atoms with Crippen molar-refractivity contribution >= 4 is 17.6 Å². The molecule has 1 heterocycles. The van der Waals surface area contributed by atoms with E-state index < -0.39 is 5.97 Å². The number of piperazine rings is 1. The zero-order valence-electron chi connectivity index (χ0n) is 14.4. The molecule has 1 aromatic carbocycles. The number of carbonyl (C=O) groups is 2. The maximum Gasteiger partial charge on any atom is 1.00 e. The number of carboxylic acids is 1. The van der Waals surface area contributed by atoms with Gasteiger partial charge in [-0.2, -0.15) is 0 Å². The Morgan fingerprint density at radius 3 is 2.09 bits per heavy atom. The summed E-state index contributed by atoms with van der Waals surface area (Å²) in [6, 6.07) is 8.78. The minimum atomic E-state index is -1.17. The molecule has 1 aliphatic heterocycles. The molecule has 0 saturated carbocycles. The summed E-state index contributed by atoms with van der Waals surface area (Å²) < 4.78 is 0. The van der Waals surface area contributed by atoms with Crippen LogP contribution in [0.3, 0.4) is 0 Å². The third-order valence-electron chi connectivity index (χ3n) is 4.15. The van der Waals surface area contributed by atoms with Gasteiger partial charge in [-0.25, -0.2) is 0 Å². The van der Waals surface area contributed by atoms with Gasteiger partial charge in [-0.05, 0) is 39.3 Å². The van der Waals surface area contributed by atoms with Crippen molar-refractivity contribution in [1.29, 1.82) is 0 Å². The van der Waals surface area contributed by atoms with Crippen LogP contribution >= 0.6 is 0 Å². The zero-order chi connectivity index (χ0) is 16.3. The van der Waals surface area contributed by atoms with Crippen LogP contribution in [0.2, 0.25) is 0 Å². The molecule has 23 heavy (non-hydrogen) atoms. The largest absolute Gasteiger partial charge is 1.00 e. The summed E-state index contributed by atoms with van der Waals surface area (Å²) in [6.07, 6.45) is -0.188. The number of hydrogen-bond donors (Lipinski definition) is 0. The van der Waals surface area contributed by atoms with Gasteiger partial charge < -0.3 is 19.7 Å². The Morgan fingerprint density at radius 1 is 1.09 bits per heavy atom. The van der Waals surface area contributed by atoms with E-state index in [-0.39, 0.29) is 60.4 Å². The van der Waals surface area contributed by atoms with E-state index in [2.05, 4.69) is 49.9 Å². The summed E-state index contributed by atoms with van der Waals surface area (Å²) in [5.41, 5.74) is 2.38. The van der Waals surface area contributed by atoms with E-state index in [1.165, 1.54) is 5.56 Å². The van der Waals surface area contributed by atoms with Gasteiger partial charge in [0.1, 0.15) is 0 Å². The maximum atomic E-state index is 12.1. The quantitative estimate of drug-likeness (QED) is 0.598. The molecule has 5 nitrogen and oxygen atoms in total. The topological polar surface area (TPSA) is 63.7 Å². The molecular weight excluding hydrogens is 303 g/mol. The van der Waals surface area contributed by atoms with E-state index in [4.69, 9.17) is 0 Å². The minimum Gasteiger partial charge on any atom is -0.550 e. The SMILES string of the molecule is Cc1ccc(N2C(C)CN(C(=O)CCC(=O)[O-])CC2C)cc1.[Na+]. The van der Waals surface area contributed by atoms with Crippen molar-refractivity contribution in [1.82, 2.24) is 4.90 Å². The van der Waals surface area contributed by atoms with Crippen molar-refractivity contribution in [2.24, 2.45) is 0 Å². The number of aryl methyl sites for hydroxylation is 1. The molecule has 0 spiro atoms. The summed E-state index contributed by atoms with van der Waals surface area (Å²) in [7, 11) is 0.